The van der Waals surface area contributed by atoms with E-state index in [0.29, 0.717) is 44.5 Å². The van der Waals surface area contributed by atoms with Gasteiger partial charge in [-0.3, -0.25) is 9.69 Å². The standard InChI is InChI=1S/C23H18FN5O2S.C2HF3O2/c1-2-29(22(25)31)13-4-3-5-14(11-13)32-23-27-19-15-7-6-12(24)10-17(15)18-16(20(19)28-23)8-9-26-21(18)30;3-2(4,5)1(6)7/h3-11H,2H2,1H3,(H2,25,31)(H,26,30)(H,27,28);(H,6,7). The summed E-state index contributed by atoms with van der Waals surface area (Å²) >= 11 is 1.39. The largest absolute Gasteiger partial charge is 0.490 e. The SMILES string of the molecule is CCN(C(N)=O)c1cccc(Sc2nc3c4cc[nH]c(=O)c4c4cc(F)ccc4c3[nH]2)c1.O=C(O)C(F)(F)F. The molecule has 0 spiro atoms. The minimum absolute atomic E-state index is 0.295. The number of H-pyrrole nitrogens is 2. The molecule has 3 aromatic carbocycles. The zero-order valence-electron chi connectivity index (χ0n) is 20.0. The summed E-state index contributed by atoms with van der Waals surface area (Å²) in [5.74, 6) is -3.17. The van der Waals surface area contributed by atoms with Gasteiger partial charge in [0.15, 0.2) is 5.16 Å². The molecule has 5 N–H and O–H groups in total. The number of nitrogens with one attached hydrogen (secondary N) is 2. The number of imidazole rings is 1. The van der Waals surface area contributed by atoms with E-state index in [4.69, 9.17) is 20.6 Å². The first-order valence-corrected chi connectivity index (χ1v) is 12.0. The van der Waals surface area contributed by atoms with Crippen molar-refractivity contribution in [3.63, 3.8) is 0 Å². The van der Waals surface area contributed by atoms with Gasteiger partial charge in [-0.25, -0.2) is 19.0 Å². The van der Waals surface area contributed by atoms with Crippen LogP contribution in [0.5, 0.6) is 0 Å². The van der Waals surface area contributed by atoms with E-state index in [1.807, 2.05) is 31.2 Å². The number of halogens is 4. The van der Waals surface area contributed by atoms with Crippen LogP contribution in [0.15, 0.2) is 69.6 Å². The van der Waals surface area contributed by atoms with Crippen LogP contribution in [0.1, 0.15) is 6.92 Å². The Labute approximate surface area is 220 Å². The Hall–Kier alpha value is -4.59. The minimum Gasteiger partial charge on any atom is -0.475 e. The van der Waals surface area contributed by atoms with Gasteiger partial charge in [0.1, 0.15) is 5.82 Å². The first kappa shape index (κ1) is 27.4. The van der Waals surface area contributed by atoms with Crippen LogP contribution in [0.25, 0.3) is 32.6 Å². The number of pyridine rings is 1. The summed E-state index contributed by atoms with van der Waals surface area (Å²) in [6, 6.07) is 13.1. The highest BCUT2D eigenvalue weighted by Crippen LogP contribution is 2.36. The molecule has 5 rings (SSSR count). The van der Waals surface area contributed by atoms with Crippen molar-refractivity contribution in [1.82, 2.24) is 15.0 Å². The van der Waals surface area contributed by atoms with Gasteiger partial charge < -0.3 is 20.8 Å². The van der Waals surface area contributed by atoms with Crippen LogP contribution in [-0.2, 0) is 4.79 Å². The van der Waals surface area contributed by atoms with E-state index >= 15 is 0 Å². The molecule has 0 saturated heterocycles. The number of primary amides is 1. The number of nitrogens with two attached hydrogens (primary N) is 1. The van der Waals surface area contributed by atoms with Crippen LogP contribution in [0, 0.1) is 5.82 Å². The molecular formula is C25H19F4N5O4S. The number of alkyl halides is 3. The van der Waals surface area contributed by atoms with Crippen molar-refractivity contribution in [2.45, 2.75) is 23.2 Å². The molecule has 202 valence electrons. The number of carbonyl (C=O) groups is 2. The van der Waals surface area contributed by atoms with E-state index < -0.39 is 24.0 Å². The lowest BCUT2D eigenvalue weighted by molar-refractivity contribution is -0.192. The number of nitrogens with zero attached hydrogens (tertiary/aromatic N) is 2. The third-order valence-electron chi connectivity index (χ3n) is 5.59. The second kappa shape index (κ2) is 10.6. The summed E-state index contributed by atoms with van der Waals surface area (Å²) in [6.07, 6.45) is -3.52. The Bertz CT molecular complexity index is 1780. The molecule has 39 heavy (non-hydrogen) atoms. The van der Waals surface area contributed by atoms with Gasteiger partial charge in [-0.15, -0.1) is 0 Å². The fourth-order valence-corrected chi connectivity index (χ4v) is 4.81. The van der Waals surface area contributed by atoms with Gasteiger partial charge in [0.05, 0.1) is 16.4 Å². The molecule has 9 nitrogen and oxygen atoms in total. The molecule has 0 fully saturated rings. The first-order valence-electron chi connectivity index (χ1n) is 11.2. The highest BCUT2D eigenvalue weighted by Gasteiger charge is 2.38. The van der Waals surface area contributed by atoms with Crippen molar-refractivity contribution in [2.75, 3.05) is 11.4 Å². The zero-order valence-corrected chi connectivity index (χ0v) is 20.8. The highest BCUT2D eigenvalue weighted by molar-refractivity contribution is 7.99. The second-order valence-electron chi connectivity index (χ2n) is 8.04. The number of aromatic nitrogens is 3. The lowest BCUT2D eigenvalue weighted by Crippen LogP contribution is -2.35. The molecule has 2 aromatic heterocycles. The van der Waals surface area contributed by atoms with E-state index in [1.165, 1.54) is 28.8 Å². The number of benzene rings is 3. The number of anilines is 1. The topological polar surface area (TPSA) is 145 Å². The van der Waals surface area contributed by atoms with Crippen LogP contribution in [-0.4, -0.2) is 44.8 Å². The number of hydrogen-bond acceptors (Lipinski definition) is 5. The Balaban J connectivity index is 0.000000448. The molecule has 0 radical (unpaired) electrons. The monoisotopic (exact) mass is 561 g/mol. The Morgan fingerprint density at radius 1 is 1.10 bits per heavy atom. The number of hydrogen-bond donors (Lipinski definition) is 4. The molecule has 2 heterocycles. The number of urea groups is 1. The number of fused-ring (bicyclic) bond motifs is 6. The van der Waals surface area contributed by atoms with Gasteiger partial charge in [0.25, 0.3) is 5.56 Å². The van der Waals surface area contributed by atoms with Crippen LogP contribution in [0.3, 0.4) is 0 Å². The van der Waals surface area contributed by atoms with Crippen molar-refractivity contribution in [3.05, 3.63) is 70.9 Å². The van der Waals surface area contributed by atoms with Gasteiger partial charge >= 0.3 is 18.2 Å². The number of aromatic amines is 2. The van der Waals surface area contributed by atoms with Gasteiger partial charge in [-0.1, -0.05) is 17.8 Å². The molecule has 0 atom stereocenters. The average Bonchev–Trinajstić information content (AvgIpc) is 3.28. The maximum atomic E-state index is 14.0. The highest BCUT2D eigenvalue weighted by atomic mass is 32.2. The fraction of sp³-hybridized carbons (Fsp3) is 0.120. The molecular weight excluding hydrogens is 542 g/mol. The Morgan fingerprint density at radius 2 is 1.82 bits per heavy atom. The molecule has 5 aromatic rings. The lowest BCUT2D eigenvalue weighted by Gasteiger charge is -2.18. The number of amides is 2. The molecule has 0 aliphatic carbocycles. The van der Waals surface area contributed by atoms with Crippen LogP contribution in [0.2, 0.25) is 0 Å². The van der Waals surface area contributed by atoms with Crippen molar-refractivity contribution in [2.24, 2.45) is 5.73 Å². The summed E-state index contributed by atoms with van der Waals surface area (Å²) < 4.78 is 45.7. The molecule has 2 amide bonds. The molecule has 0 bridgehead atoms. The average molecular weight is 562 g/mol. The van der Waals surface area contributed by atoms with E-state index in [2.05, 4.69) is 9.97 Å². The van der Waals surface area contributed by atoms with Gasteiger partial charge in [-0.05, 0) is 49.4 Å². The third-order valence-corrected chi connectivity index (χ3v) is 6.46. The smallest absolute Gasteiger partial charge is 0.475 e. The normalized spacial score (nSPS) is 11.4. The number of carboxylic acid groups (broad SMARTS) is 1. The van der Waals surface area contributed by atoms with E-state index in [0.717, 1.165) is 10.4 Å². The van der Waals surface area contributed by atoms with E-state index in [-0.39, 0.29) is 5.56 Å². The lowest BCUT2D eigenvalue weighted by atomic mass is 10.0. The van der Waals surface area contributed by atoms with Gasteiger partial charge in [-0.2, -0.15) is 13.2 Å². The predicted octanol–water partition coefficient (Wildman–Crippen LogP) is 5.39. The summed E-state index contributed by atoms with van der Waals surface area (Å²) in [7, 11) is 0. The molecule has 0 saturated carbocycles. The van der Waals surface area contributed by atoms with Crippen LogP contribution in [0.4, 0.5) is 28.0 Å². The van der Waals surface area contributed by atoms with Crippen molar-refractivity contribution in [3.8, 4) is 0 Å². The second-order valence-corrected chi connectivity index (χ2v) is 9.10. The van der Waals surface area contributed by atoms with Crippen molar-refractivity contribution >= 4 is 62.0 Å². The quantitative estimate of drug-likeness (QED) is 0.171. The summed E-state index contributed by atoms with van der Waals surface area (Å²) in [5, 5.41) is 10.0. The van der Waals surface area contributed by atoms with E-state index in [9.17, 15) is 27.2 Å². The van der Waals surface area contributed by atoms with Crippen molar-refractivity contribution < 1.29 is 32.3 Å². The predicted molar refractivity (Wildman–Crippen MR) is 139 cm³/mol. The molecule has 0 unspecified atom stereocenters. The van der Waals surface area contributed by atoms with Gasteiger partial charge in [0.2, 0.25) is 0 Å². The first-order chi connectivity index (χ1) is 18.4. The van der Waals surface area contributed by atoms with Crippen LogP contribution >= 0.6 is 11.8 Å². The summed E-state index contributed by atoms with van der Waals surface area (Å²) in [6.45, 7) is 2.31. The Morgan fingerprint density at radius 3 is 2.46 bits per heavy atom. The van der Waals surface area contributed by atoms with Gasteiger partial charge in [0, 0.05) is 39.5 Å². The minimum atomic E-state index is -5.08. The zero-order chi connectivity index (χ0) is 28.5. The maximum Gasteiger partial charge on any atom is 0.490 e. The number of rotatable bonds is 4. The summed E-state index contributed by atoms with van der Waals surface area (Å²) in [4.78, 5) is 46.2. The van der Waals surface area contributed by atoms with Crippen LogP contribution < -0.4 is 16.2 Å². The molecule has 0 aliphatic heterocycles. The summed E-state index contributed by atoms with van der Waals surface area (Å²) in [5.41, 5.74) is 7.23. The fourth-order valence-electron chi connectivity index (χ4n) is 3.97. The third kappa shape index (κ3) is 5.65. The number of carboxylic acids is 1. The van der Waals surface area contributed by atoms with Crippen molar-refractivity contribution in [1.29, 1.82) is 0 Å². The molecule has 14 heteroatoms. The maximum absolute atomic E-state index is 14.0. The number of carbonyl (C=O) groups excluding carboxylic acids is 1. The number of aliphatic carboxylic acids is 1. The Kier molecular flexibility index (Phi) is 7.49. The van der Waals surface area contributed by atoms with E-state index in [1.54, 1.807) is 18.3 Å². The molecule has 0 aliphatic rings.